The molecule has 0 unspecified atom stereocenters. The normalized spacial score (nSPS) is 12.1. The van der Waals surface area contributed by atoms with E-state index in [1.165, 1.54) is 33.6 Å². The largest absolute Gasteiger partial charge is 0.422 e. The van der Waals surface area contributed by atoms with E-state index in [1.807, 2.05) is 23.6 Å². The van der Waals surface area contributed by atoms with Crippen LogP contribution in [0, 0.1) is 0 Å². The van der Waals surface area contributed by atoms with Crippen LogP contribution in [0.4, 0.5) is 5.69 Å². The third kappa shape index (κ3) is 3.44. The summed E-state index contributed by atoms with van der Waals surface area (Å²) >= 11 is 1.48. The number of aromatic nitrogens is 1. The van der Waals surface area contributed by atoms with Crippen molar-refractivity contribution < 1.29 is 4.42 Å². The molecule has 0 aliphatic heterocycles. The Hall–Kier alpha value is -3.70. The van der Waals surface area contributed by atoms with Crippen molar-refractivity contribution in [2.24, 2.45) is 0 Å². The molecule has 0 fully saturated rings. The van der Waals surface area contributed by atoms with Crippen LogP contribution in [0.2, 0.25) is 0 Å². The van der Waals surface area contributed by atoms with Gasteiger partial charge in [0.15, 0.2) is 0 Å². The van der Waals surface area contributed by atoms with E-state index in [4.69, 9.17) is 9.40 Å². The van der Waals surface area contributed by atoms with Gasteiger partial charge in [0.25, 0.3) is 0 Å². The molecule has 2 heterocycles. The van der Waals surface area contributed by atoms with Crippen molar-refractivity contribution in [1.82, 2.24) is 4.98 Å². The van der Waals surface area contributed by atoms with E-state index >= 15 is 0 Å². The summed E-state index contributed by atoms with van der Waals surface area (Å²) in [6.07, 6.45) is 0.974. The summed E-state index contributed by atoms with van der Waals surface area (Å²) in [4.78, 5) is 19.9. The molecule has 0 spiro atoms. The maximum atomic E-state index is 12.9. The zero-order valence-electron chi connectivity index (χ0n) is 19.2. The smallest absolute Gasteiger partial charge is 0.346 e. The zero-order chi connectivity index (χ0) is 23.2. The van der Waals surface area contributed by atoms with Crippen LogP contribution in [0.15, 0.2) is 81.3 Å². The first kappa shape index (κ1) is 20.9. The van der Waals surface area contributed by atoms with E-state index in [0.717, 1.165) is 41.8 Å². The molecule has 0 atom stereocenters. The molecular weight excluding hydrogens is 440 g/mol. The topological polar surface area (TPSA) is 46.3 Å². The highest BCUT2D eigenvalue weighted by Crippen LogP contribution is 2.39. The molecule has 0 N–H and O–H groups in total. The van der Waals surface area contributed by atoms with Gasteiger partial charge in [0.05, 0.1) is 11.3 Å². The van der Waals surface area contributed by atoms with E-state index in [0.29, 0.717) is 16.2 Å². The summed E-state index contributed by atoms with van der Waals surface area (Å²) in [7, 11) is 0. The Balaban J connectivity index is 1.36. The summed E-state index contributed by atoms with van der Waals surface area (Å²) < 4.78 is 5.73. The Morgan fingerprint density at radius 3 is 2.59 bits per heavy atom. The Kier molecular flexibility index (Phi) is 5.07. The van der Waals surface area contributed by atoms with Crippen LogP contribution in [0.1, 0.15) is 25.0 Å². The molecule has 1 aliphatic rings. The second-order valence-electron chi connectivity index (χ2n) is 8.59. The average Bonchev–Trinajstić information content (AvgIpc) is 3.49. The molecular formula is C29H24N2O2S. The highest BCUT2D eigenvalue weighted by Gasteiger charge is 2.19. The molecule has 1 aliphatic carbocycles. The minimum Gasteiger partial charge on any atom is -0.422 e. The van der Waals surface area contributed by atoms with Gasteiger partial charge >= 0.3 is 5.63 Å². The maximum absolute atomic E-state index is 12.9. The van der Waals surface area contributed by atoms with Crippen molar-refractivity contribution in [2.45, 2.75) is 20.3 Å². The van der Waals surface area contributed by atoms with Gasteiger partial charge in [-0.3, -0.25) is 0 Å². The van der Waals surface area contributed by atoms with Crippen molar-refractivity contribution in [2.75, 3.05) is 18.0 Å². The molecule has 0 radical (unpaired) electrons. The van der Waals surface area contributed by atoms with Crippen LogP contribution in [0.3, 0.4) is 0 Å². The average molecular weight is 465 g/mol. The zero-order valence-corrected chi connectivity index (χ0v) is 20.0. The number of nitrogens with zero attached hydrogens (tertiary/aromatic N) is 2. The van der Waals surface area contributed by atoms with Gasteiger partial charge in [-0.15, -0.1) is 11.3 Å². The number of hydrogen-bond acceptors (Lipinski definition) is 5. The molecule has 168 valence electrons. The maximum Gasteiger partial charge on any atom is 0.346 e. The molecule has 0 amide bonds. The minimum atomic E-state index is -0.354. The van der Waals surface area contributed by atoms with Gasteiger partial charge in [0.2, 0.25) is 0 Å². The van der Waals surface area contributed by atoms with Crippen molar-refractivity contribution in [3.05, 3.63) is 93.7 Å². The van der Waals surface area contributed by atoms with Crippen LogP contribution in [0.5, 0.6) is 0 Å². The van der Waals surface area contributed by atoms with Gasteiger partial charge in [-0.2, -0.15) is 0 Å². The van der Waals surface area contributed by atoms with Gasteiger partial charge in [-0.1, -0.05) is 36.4 Å². The predicted molar refractivity (Wildman–Crippen MR) is 141 cm³/mol. The fourth-order valence-corrected chi connectivity index (χ4v) is 5.68. The predicted octanol–water partition coefficient (Wildman–Crippen LogP) is 7.00. The summed E-state index contributed by atoms with van der Waals surface area (Å²) in [5, 5.41) is 3.60. The molecule has 0 saturated heterocycles. The van der Waals surface area contributed by atoms with Gasteiger partial charge in [0, 0.05) is 41.2 Å². The fourth-order valence-electron chi connectivity index (χ4n) is 4.85. The lowest BCUT2D eigenvalue weighted by molar-refractivity contribution is 0.563. The molecule has 34 heavy (non-hydrogen) atoms. The van der Waals surface area contributed by atoms with E-state index < -0.39 is 0 Å². The highest BCUT2D eigenvalue weighted by molar-refractivity contribution is 7.13. The molecule has 0 saturated carbocycles. The first-order valence-corrected chi connectivity index (χ1v) is 12.5. The van der Waals surface area contributed by atoms with Gasteiger partial charge in [-0.25, -0.2) is 9.78 Å². The van der Waals surface area contributed by atoms with Crippen molar-refractivity contribution in [3.63, 3.8) is 0 Å². The first-order valence-electron chi connectivity index (χ1n) is 11.6. The molecule has 5 heteroatoms. The van der Waals surface area contributed by atoms with E-state index in [-0.39, 0.29) is 5.63 Å². The molecule has 0 bridgehead atoms. The number of anilines is 1. The Bertz CT molecular complexity index is 1590. The lowest BCUT2D eigenvalue weighted by Gasteiger charge is -2.20. The van der Waals surface area contributed by atoms with Crippen LogP contribution < -0.4 is 10.5 Å². The van der Waals surface area contributed by atoms with Crippen molar-refractivity contribution in [3.8, 4) is 33.0 Å². The quantitative estimate of drug-likeness (QED) is 0.258. The fraction of sp³-hybridized carbons (Fsp3) is 0.172. The van der Waals surface area contributed by atoms with Crippen LogP contribution in [-0.4, -0.2) is 18.1 Å². The Labute approximate surface area is 202 Å². The van der Waals surface area contributed by atoms with E-state index in [2.05, 4.69) is 67.3 Å². The van der Waals surface area contributed by atoms with E-state index in [9.17, 15) is 4.79 Å². The Morgan fingerprint density at radius 1 is 0.912 bits per heavy atom. The number of thiazole rings is 1. The minimum absolute atomic E-state index is 0.354. The molecule has 6 rings (SSSR count). The van der Waals surface area contributed by atoms with Gasteiger partial charge < -0.3 is 9.32 Å². The lowest BCUT2D eigenvalue weighted by atomic mass is 10.0. The van der Waals surface area contributed by atoms with Crippen LogP contribution in [0.25, 0.3) is 43.9 Å². The second-order valence-corrected chi connectivity index (χ2v) is 9.44. The third-order valence-electron chi connectivity index (χ3n) is 6.68. The summed E-state index contributed by atoms with van der Waals surface area (Å²) in [6, 6.07) is 23.0. The third-order valence-corrected chi connectivity index (χ3v) is 7.55. The lowest BCUT2D eigenvalue weighted by Crippen LogP contribution is -2.21. The SMILES string of the molecule is CCN(CC)c1ccc2cc(-c3nc(-c4ccc5c(c4)-c4ccccc4C5)cs3)c(=O)oc2c1. The summed E-state index contributed by atoms with van der Waals surface area (Å²) in [5.41, 5.74) is 9.04. The number of hydrogen-bond donors (Lipinski definition) is 0. The Morgan fingerprint density at radius 2 is 1.74 bits per heavy atom. The first-order chi connectivity index (χ1) is 16.6. The standard InChI is InChI=1S/C29H24N2O2S/c1-3-31(4-2)22-12-11-21-15-25(29(32)33-27(21)16-22)28-30-26(17-34-28)20-10-9-19-13-18-7-5-6-8-23(18)24(19)14-20/h5-12,14-17H,3-4,13H2,1-2H3. The molecule has 5 aromatic rings. The second kappa shape index (κ2) is 8.26. The summed E-state index contributed by atoms with van der Waals surface area (Å²) in [5.74, 6) is 0. The number of benzene rings is 3. The highest BCUT2D eigenvalue weighted by atomic mass is 32.1. The number of fused-ring (bicyclic) bond motifs is 4. The van der Waals surface area contributed by atoms with Crippen LogP contribution >= 0.6 is 11.3 Å². The summed E-state index contributed by atoms with van der Waals surface area (Å²) in [6.45, 7) is 6.04. The van der Waals surface area contributed by atoms with Crippen molar-refractivity contribution >= 4 is 28.0 Å². The molecule has 2 aromatic heterocycles. The number of rotatable bonds is 5. The van der Waals surface area contributed by atoms with Crippen molar-refractivity contribution in [1.29, 1.82) is 0 Å². The van der Waals surface area contributed by atoms with E-state index in [1.54, 1.807) is 0 Å². The van der Waals surface area contributed by atoms with Gasteiger partial charge in [0.1, 0.15) is 10.6 Å². The monoisotopic (exact) mass is 464 g/mol. The van der Waals surface area contributed by atoms with Gasteiger partial charge in [-0.05, 0) is 66.8 Å². The molecule has 4 nitrogen and oxygen atoms in total. The van der Waals surface area contributed by atoms with Crippen LogP contribution in [-0.2, 0) is 6.42 Å². The molecule has 3 aromatic carbocycles.